The maximum atomic E-state index is 9.09. The van der Waals surface area contributed by atoms with Gasteiger partial charge in [-0.15, -0.1) is 0 Å². The fraction of sp³-hybridized carbons (Fsp3) is 0.188. The highest BCUT2D eigenvalue weighted by atomic mass is 15.1. The quantitative estimate of drug-likeness (QED) is 0.789. The van der Waals surface area contributed by atoms with Gasteiger partial charge in [-0.1, -0.05) is 18.2 Å². The van der Waals surface area contributed by atoms with Crippen molar-refractivity contribution in [1.82, 2.24) is 0 Å². The second-order valence-electron chi connectivity index (χ2n) is 4.77. The molecule has 0 bridgehead atoms. The molecule has 0 atom stereocenters. The Balaban J connectivity index is 2.07. The summed E-state index contributed by atoms with van der Waals surface area (Å²) in [6.07, 6.45) is 2.25. The maximum absolute atomic E-state index is 9.09. The number of fused-ring (bicyclic) bond motifs is 1. The Morgan fingerprint density at radius 3 is 2.84 bits per heavy atom. The Morgan fingerprint density at radius 1 is 1.16 bits per heavy atom. The number of aryl methyl sites for hydroxylation is 1. The van der Waals surface area contributed by atoms with Gasteiger partial charge in [-0.2, -0.15) is 5.26 Å². The van der Waals surface area contributed by atoms with Crippen LogP contribution in [0.15, 0.2) is 42.5 Å². The molecule has 1 heterocycles. The van der Waals surface area contributed by atoms with Gasteiger partial charge in [0.2, 0.25) is 0 Å². The maximum Gasteiger partial charge on any atom is 0.101 e. The van der Waals surface area contributed by atoms with Crippen LogP contribution in [-0.2, 0) is 6.42 Å². The average molecular weight is 249 g/mol. The smallest absolute Gasteiger partial charge is 0.101 e. The molecule has 3 heteroatoms. The molecule has 3 rings (SSSR count). The van der Waals surface area contributed by atoms with Gasteiger partial charge in [-0.3, -0.25) is 0 Å². The molecule has 1 aliphatic heterocycles. The van der Waals surface area contributed by atoms with Crippen molar-refractivity contribution in [2.24, 2.45) is 0 Å². The van der Waals surface area contributed by atoms with Gasteiger partial charge in [-0.05, 0) is 42.7 Å². The Kier molecular flexibility index (Phi) is 2.85. The zero-order valence-electron chi connectivity index (χ0n) is 10.6. The van der Waals surface area contributed by atoms with Crippen LogP contribution >= 0.6 is 0 Å². The lowest BCUT2D eigenvalue weighted by molar-refractivity contribution is 0.767. The summed E-state index contributed by atoms with van der Waals surface area (Å²) in [4.78, 5) is 2.26. The van der Waals surface area contributed by atoms with Gasteiger partial charge in [0.1, 0.15) is 6.07 Å². The topological polar surface area (TPSA) is 53.0 Å². The van der Waals surface area contributed by atoms with Gasteiger partial charge < -0.3 is 10.6 Å². The molecule has 0 saturated heterocycles. The van der Waals surface area contributed by atoms with Crippen molar-refractivity contribution in [1.29, 1.82) is 5.26 Å². The van der Waals surface area contributed by atoms with Crippen LogP contribution in [-0.4, -0.2) is 6.54 Å². The monoisotopic (exact) mass is 249 g/mol. The third-order valence-corrected chi connectivity index (χ3v) is 3.58. The van der Waals surface area contributed by atoms with Gasteiger partial charge in [0, 0.05) is 23.6 Å². The fourth-order valence-electron chi connectivity index (χ4n) is 2.61. The fourth-order valence-corrected chi connectivity index (χ4v) is 2.61. The van der Waals surface area contributed by atoms with Gasteiger partial charge >= 0.3 is 0 Å². The third kappa shape index (κ3) is 2.02. The molecule has 2 aromatic carbocycles. The van der Waals surface area contributed by atoms with Crippen LogP contribution in [0.1, 0.15) is 17.5 Å². The average Bonchev–Trinajstić information content (AvgIpc) is 2.47. The van der Waals surface area contributed by atoms with Crippen molar-refractivity contribution >= 4 is 17.1 Å². The number of nitrogen functional groups attached to an aromatic ring is 1. The minimum absolute atomic E-state index is 0.538. The lowest BCUT2D eigenvalue weighted by atomic mass is 10.0. The van der Waals surface area contributed by atoms with Crippen LogP contribution in [0.2, 0.25) is 0 Å². The van der Waals surface area contributed by atoms with Crippen molar-refractivity contribution < 1.29 is 0 Å². The second kappa shape index (κ2) is 4.66. The largest absolute Gasteiger partial charge is 0.398 e. The predicted molar refractivity (Wildman–Crippen MR) is 77.3 cm³/mol. The number of anilines is 3. The summed E-state index contributed by atoms with van der Waals surface area (Å²) in [7, 11) is 0. The van der Waals surface area contributed by atoms with Crippen LogP contribution in [0.3, 0.4) is 0 Å². The summed E-state index contributed by atoms with van der Waals surface area (Å²) in [5.41, 5.74) is 10.5. The van der Waals surface area contributed by atoms with Crippen LogP contribution < -0.4 is 10.6 Å². The molecule has 1 aliphatic rings. The summed E-state index contributed by atoms with van der Waals surface area (Å²) in [6.45, 7) is 0.978. The molecular weight excluding hydrogens is 234 g/mol. The molecule has 0 aromatic heterocycles. The van der Waals surface area contributed by atoms with E-state index in [1.165, 1.54) is 11.3 Å². The first-order valence-corrected chi connectivity index (χ1v) is 6.44. The Morgan fingerprint density at radius 2 is 2.00 bits per heavy atom. The first kappa shape index (κ1) is 11.6. The lowest BCUT2D eigenvalue weighted by Crippen LogP contribution is -2.24. The van der Waals surface area contributed by atoms with E-state index >= 15 is 0 Å². The molecule has 0 spiro atoms. The van der Waals surface area contributed by atoms with E-state index in [9.17, 15) is 0 Å². The Labute approximate surface area is 112 Å². The van der Waals surface area contributed by atoms with E-state index in [0.717, 1.165) is 25.1 Å². The first-order valence-electron chi connectivity index (χ1n) is 6.44. The number of hydrogen-bond acceptors (Lipinski definition) is 3. The first-order chi connectivity index (χ1) is 9.29. The van der Waals surface area contributed by atoms with Crippen LogP contribution in [0.4, 0.5) is 17.1 Å². The highest BCUT2D eigenvalue weighted by molar-refractivity contribution is 5.71. The van der Waals surface area contributed by atoms with Crippen molar-refractivity contribution in [3.8, 4) is 6.07 Å². The highest BCUT2D eigenvalue weighted by Crippen LogP contribution is 2.34. The predicted octanol–water partition coefficient (Wildman–Crippen LogP) is 3.22. The molecule has 0 fully saturated rings. The zero-order valence-corrected chi connectivity index (χ0v) is 10.6. The Hall–Kier alpha value is -2.47. The summed E-state index contributed by atoms with van der Waals surface area (Å²) < 4.78 is 0. The molecule has 3 nitrogen and oxygen atoms in total. The number of rotatable bonds is 1. The summed E-state index contributed by atoms with van der Waals surface area (Å²) in [6, 6.07) is 16.3. The summed E-state index contributed by atoms with van der Waals surface area (Å²) >= 11 is 0. The third-order valence-electron chi connectivity index (χ3n) is 3.58. The highest BCUT2D eigenvalue weighted by Gasteiger charge is 2.18. The minimum atomic E-state index is 0.538. The molecule has 0 radical (unpaired) electrons. The molecule has 0 saturated carbocycles. The molecule has 0 amide bonds. The van der Waals surface area contributed by atoms with E-state index in [1.54, 1.807) is 0 Å². The van der Waals surface area contributed by atoms with E-state index in [-0.39, 0.29) is 0 Å². The van der Waals surface area contributed by atoms with Gasteiger partial charge in [0.05, 0.1) is 5.56 Å². The van der Waals surface area contributed by atoms with Gasteiger partial charge in [0.15, 0.2) is 0 Å². The lowest BCUT2D eigenvalue weighted by Gasteiger charge is -2.31. The van der Waals surface area contributed by atoms with Crippen molar-refractivity contribution in [3.63, 3.8) is 0 Å². The van der Waals surface area contributed by atoms with E-state index in [1.807, 2.05) is 18.2 Å². The van der Waals surface area contributed by atoms with Gasteiger partial charge in [-0.25, -0.2) is 0 Å². The number of nitriles is 1. The molecule has 0 aliphatic carbocycles. The molecule has 94 valence electrons. The molecular formula is C16H15N3. The van der Waals surface area contributed by atoms with Crippen molar-refractivity contribution in [3.05, 3.63) is 53.6 Å². The molecule has 2 aromatic rings. The standard InChI is InChI=1S/C16H15N3/c17-11-13-10-14(7-8-15(13)18)19-9-3-5-12-4-1-2-6-16(12)19/h1-2,4,6-8,10H,3,5,9,18H2. The molecule has 0 unspecified atom stereocenters. The van der Waals surface area contributed by atoms with Gasteiger partial charge in [0.25, 0.3) is 0 Å². The number of benzene rings is 2. The van der Waals surface area contributed by atoms with Crippen molar-refractivity contribution in [2.45, 2.75) is 12.8 Å². The Bertz CT molecular complexity index is 655. The molecule has 19 heavy (non-hydrogen) atoms. The van der Waals surface area contributed by atoms with E-state index in [2.05, 4.69) is 35.2 Å². The minimum Gasteiger partial charge on any atom is -0.398 e. The van der Waals surface area contributed by atoms with E-state index in [0.29, 0.717) is 11.3 Å². The number of nitrogens with two attached hydrogens (primary N) is 1. The van der Waals surface area contributed by atoms with E-state index in [4.69, 9.17) is 11.0 Å². The zero-order chi connectivity index (χ0) is 13.2. The van der Waals surface area contributed by atoms with Crippen LogP contribution in [0, 0.1) is 11.3 Å². The van der Waals surface area contributed by atoms with Crippen LogP contribution in [0.25, 0.3) is 0 Å². The SMILES string of the molecule is N#Cc1cc(N2CCCc3ccccc32)ccc1N. The summed E-state index contributed by atoms with van der Waals surface area (Å²) in [5.74, 6) is 0. The summed E-state index contributed by atoms with van der Waals surface area (Å²) in [5, 5.41) is 9.09. The number of nitrogens with zero attached hydrogens (tertiary/aromatic N) is 2. The molecule has 2 N–H and O–H groups in total. The van der Waals surface area contributed by atoms with Crippen molar-refractivity contribution in [2.75, 3.05) is 17.2 Å². The second-order valence-corrected chi connectivity index (χ2v) is 4.77. The normalized spacial score (nSPS) is 13.7. The van der Waals surface area contributed by atoms with Crippen LogP contribution in [0.5, 0.6) is 0 Å². The van der Waals surface area contributed by atoms with E-state index < -0.39 is 0 Å². The number of hydrogen-bond donors (Lipinski definition) is 1. The number of para-hydroxylation sites is 1.